The second kappa shape index (κ2) is 8.01. The third-order valence-corrected chi connectivity index (χ3v) is 4.94. The molecule has 0 fully saturated rings. The quantitative estimate of drug-likeness (QED) is 0.422. The normalized spacial score (nSPS) is 10.6. The highest BCUT2D eigenvalue weighted by Crippen LogP contribution is 2.34. The first-order chi connectivity index (χ1) is 13.7. The average Bonchev–Trinajstić information content (AvgIpc) is 2.73. The molecule has 0 aliphatic carbocycles. The van der Waals surface area contributed by atoms with E-state index in [1.54, 1.807) is 6.07 Å². The monoisotopic (exact) mass is 365 g/mol. The summed E-state index contributed by atoms with van der Waals surface area (Å²) in [6.07, 6.45) is 0.850. The lowest BCUT2D eigenvalue weighted by Crippen LogP contribution is -2.09. The number of nitrogens with zero attached hydrogens (tertiary/aromatic N) is 1. The molecule has 0 aromatic heterocycles. The lowest BCUT2D eigenvalue weighted by Gasteiger charge is -2.25. The number of para-hydroxylation sites is 2. The second-order valence-corrected chi connectivity index (χ2v) is 6.96. The number of aromatic hydroxyl groups is 1. The van der Waals surface area contributed by atoms with Crippen molar-refractivity contribution in [1.29, 1.82) is 0 Å². The van der Waals surface area contributed by atoms with Gasteiger partial charge in [0, 0.05) is 17.1 Å². The Kier molecular flexibility index (Phi) is 5.11. The Bertz CT molecular complexity index is 1000. The van der Waals surface area contributed by atoms with Crippen LogP contribution in [0.2, 0.25) is 0 Å². The molecule has 4 aromatic rings. The number of phenols is 1. The first kappa shape index (κ1) is 17.9. The van der Waals surface area contributed by atoms with Crippen LogP contribution in [-0.4, -0.2) is 5.11 Å². The number of hydrogen-bond donors (Lipinski definition) is 1. The van der Waals surface area contributed by atoms with Crippen LogP contribution in [-0.2, 0) is 6.42 Å². The topological polar surface area (TPSA) is 23.5 Å². The number of aryl methyl sites for hydroxylation is 1. The summed E-state index contributed by atoms with van der Waals surface area (Å²) < 4.78 is 0. The molecule has 0 unspecified atom stereocenters. The summed E-state index contributed by atoms with van der Waals surface area (Å²) in [4.78, 5) is 2.26. The van der Waals surface area contributed by atoms with Gasteiger partial charge in [-0.25, -0.2) is 0 Å². The predicted octanol–water partition coefficient (Wildman–Crippen LogP) is 6.76. The van der Waals surface area contributed by atoms with E-state index in [1.807, 2.05) is 31.2 Å². The molecule has 4 rings (SSSR count). The summed E-state index contributed by atoms with van der Waals surface area (Å²) >= 11 is 0. The van der Waals surface area contributed by atoms with Crippen LogP contribution < -0.4 is 4.90 Å². The van der Waals surface area contributed by atoms with Gasteiger partial charge in [0.2, 0.25) is 0 Å². The van der Waals surface area contributed by atoms with Gasteiger partial charge in [-0.2, -0.15) is 0 Å². The summed E-state index contributed by atoms with van der Waals surface area (Å²) in [5, 5.41) is 9.61. The number of benzene rings is 4. The highest BCUT2D eigenvalue weighted by Gasteiger charge is 2.11. The van der Waals surface area contributed by atoms with Crippen LogP contribution in [0.1, 0.15) is 16.7 Å². The highest BCUT2D eigenvalue weighted by molar-refractivity contribution is 5.76. The number of anilines is 3. The van der Waals surface area contributed by atoms with Crippen LogP contribution in [0.4, 0.5) is 17.1 Å². The van der Waals surface area contributed by atoms with Gasteiger partial charge >= 0.3 is 0 Å². The van der Waals surface area contributed by atoms with Crippen molar-refractivity contribution >= 4 is 17.1 Å². The molecule has 2 heteroatoms. The van der Waals surface area contributed by atoms with E-state index in [9.17, 15) is 5.11 Å². The highest BCUT2D eigenvalue weighted by atomic mass is 16.3. The van der Waals surface area contributed by atoms with E-state index < -0.39 is 0 Å². The van der Waals surface area contributed by atoms with Gasteiger partial charge in [0.1, 0.15) is 5.75 Å². The standard InChI is InChI=1S/C26H23NO/c1-20-18-26(28)17-14-22(20)19-21-12-15-25(16-13-21)27(23-8-4-2-5-9-23)24-10-6-3-7-11-24/h2-18,28H,19H2,1H3. The van der Waals surface area contributed by atoms with Gasteiger partial charge in [0.05, 0.1) is 0 Å². The van der Waals surface area contributed by atoms with Crippen molar-refractivity contribution in [3.63, 3.8) is 0 Å². The van der Waals surface area contributed by atoms with Crippen LogP contribution in [0.5, 0.6) is 5.75 Å². The first-order valence-corrected chi connectivity index (χ1v) is 9.48. The number of rotatable bonds is 5. The first-order valence-electron chi connectivity index (χ1n) is 9.48. The second-order valence-electron chi connectivity index (χ2n) is 6.96. The minimum absolute atomic E-state index is 0.318. The van der Waals surface area contributed by atoms with Crippen LogP contribution in [0.15, 0.2) is 103 Å². The van der Waals surface area contributed by atoms with Gasteiger partial charge in [-0.1, -0.05) is 54.6 Å². The molecular formula is C26H23NO. The fraction of sp³-hybridized carbons (Fsp3) is 0.0769. The molecule has 0 amide bonds. The maximum atomic E-state index is 9.61. The Labute approximate surface area is 166 Å². The summed E-state index contributed by atoms with van der Waals surface area (Å²) in [7, 11) is 0. The van der Waals surface area contributed by atoms with Crippen molar-refractivity contribution in [1.82, 2.24) is 0 Å². The Morgan fingerprint density at radius 2 is 1.18 bits per heavy atom. The van der Waals surface area contributed by atoms with Crippen LogP contribution >= 0.6 is 0 Å². The van der Waals surface area contributed by atoms with Crippen molar-refractivity contribution in [2.45, 2.75) is 13.3 Å². The van der Waals surface area contributed by atoms with Crippen LogP contribution in [0.3, 0.4) is 0 Å². The third kappa shape index (κ3) is 3.91. The van der Waals surface area contributed by atoms with Crippen LogP contribution in [0, 0.1) is 6.92 Å². The maximum Gasteiger partial charge on any atom is 0.115 e. The Hall–Kier alpha value is -3.52. The van der Waals surface area contributed by atoms with Gasteiger partial charge in [0.15, 0.2) is 0 Å². The summed E-state index contributed by atoms with van der Waals surface area (Å²) in [6, 6.07) is 35.1. The molecule has 0 bridgehead atoms. The van der Waals surface area contributed by atoms with Crippen molar-refractivity contribution < 1.29 is 5.11 Å². The van der Waals surface area contributed by atoms with E-state index in [-0.39, 0.29) is 0 Å². The molecule has 0 spiro atoms. The molecule has 0 atom stereocenters. The molecule has 138 valence electrons. The van der Waals surface area contributed by atoms with Gasteiger partial charge in [0.25, 0.3) is 0 Å². The molecular weight excluding hydrogens is 342 g/mol. The minimum Gasteiger partial charge on any atom is -0.508 e. The molecule has 0 radical (unpaired) electrons. The van der Waals surface area contributed by atoms with Crippen molar-refractivity contribution in [2.75, 3.05) is 4.90 Å². The molecule has 0 saturated carbocycles. The molecule has 0 aliphatic rings. The predicted molar refractivity (Wildman–Crippen MR) is 117 cm³/mol. The van der Waals surface area contributed by atoms with Crippen molar-refractivity contribution in [2.24, 2.45) is 0 Å². The molecule has 1 N–H and O–H groups in total. The van der Waals surface area contributed by atoms with E-state index in [4.69, 9.17) is 0 Å². The molecule has 2 nitrogen and oxygen atoms in total. The third-order valence-electron chi connectivity index (χ3n) is 4.94. The smallest absolute Gasteiger partial charge is 0.115 e. The average molecular weight is 365 g/mol. The van der Waals surface area contributed by atoms with E-state index in [1.165, 1.54) is 11.1 Å². The van der Waals surface area contributed by atoms with E-state index in [0.717, 1.165) is 29.0 Å². The molecule has 0 heterocycles. The summed E-state index contributed by atoms with van der Waals surface area (Å²) in [5.74, 6) is 0.318. The molecule has 28 heavy (non-hydrogen) atoms. The Balaban J connectivity index is 1.65. The van der Waals surface area contributed by atoms with Gasteiger partial charge in [-0.15, -0.1) is 0 Å². The lowest BCUT2D eigenvalue weighted by molar-refractivity contribution is 0.474. The zero-order valence-corrected chi connectivity index (χ0v) is 15.9. The largest absolute Gasteiger partial charge is 0.508 e. The van der Waals surface area contributed by atoms with Gasteiger partial charge < -0.3 is 10.0 Å². The fourth-order valence-corrected chi connectivity index (χ4v) is 3.46. The molecule has 0 aliphatic heterocycles. The number of phenolic OH excluding ortho intramolecular Hbond substituents is 1. The minimum atomic E-state index is 0.318. The number of hydrogen-bond acceptors (Lipinski definition) is 2. The molecule has 4 aromatic carbocycles. The maximum absolute atomic E-state index is 9.61. The van der Waals surface area contributed by atoms with Crippen molar-refractivity contribution in [3.8, 4) is 5.75 Å². The van der Waals surface area contributed by atoms with E-state index in [2.05, 4.69) is 77.7 Å². The Morgan fingerprint density at radius 3 is 1.71 bits per heavy atom. The van der Waals surface area contributed by atoms with Crippen LogP contribution in [0.25, 0.3) is 0 Å². The fourth-order valence-electron chi connectivity index (χ4n) is 3.46. The van der Waals surface area contributed by atoms with Gasteiger partial charge in [-0.3, -0.25) is 0 Å². The lowest BCUT2D eigenvalue weighted by atomic mass is 10.00. The Morgan fingerprint density at radius 1 is 0.643 bits per heavy atom. The zero-order valence-electron chi connectivity index (χ0n) is 15.9. The van der Waals surface area contributed by atoms with Crippen molar-refractivity contribution in [3.05, 3.63) is 120 Å². The van der Waals surface area contributed by atoms with Gasteiger partial charge in [-0.05, 0) is 78.6 Å². The summed E-state index contributed by atoms with van der Waals surface area (Å²) in [5.41, 5.74) is 6.99. The zero-order chi connectivity index (χ0) is 19.3. The SMILES string of the molecule is Cc1cc(O)ccc1Cc1ccc(N(c2ccccc2)c2ccccc2)cc1. The molecule has 0 saturated heterocycles. The van der Waals surface area contributed by atoms with E-state index >= 15 is 0 Å². The summed E-state index contributed by atoms with van der Waals surface area (Å²) in [6.45, 7) is 2.04. The van der Waals surface area contributed by atoms with E-state index in [0.29, 0.717) is 5.75 Å².